The first-order valence-corrected chi connectivity index (χ1v) is 3.09. The predicted molar refractivity (Wildman–Crippen MR) is 29.0 cm³/mol. The molecule has 0 aliphatic carbocycles. The van der Waals surface area contributed by atoms with Gasteiger partial charge in [-0.25, -0.2) is 0 Å². The first kappa shape index (κ1) is 11.5. The number of aliphatic hydroxyl groups excluding tert-OH is 1. The molecule has 0 spiro atoms. The molecule has 0 amide bonds. The van der Waals surface area contributed by atoms with Gasteiger partial charge in [0.15, 0.2) is 5.44 Å². The summed E-state index contributed by atoms with van der Waals surface area (Å²) in [6, 6.07) is 0. The molecule has 0 aliphatic rings. The number of aliphatic hydroxyl groups is 1. The van der Waals surface area contributed by atoms with E-state index >= 15 is 0 Å². The van der Waals surface area contributed by atoms with Gasteiger partial charge in [-0.15, -0.1) is 0 Å². The van der Waals surface area contributed by atoms with Crippen molar-refractivity contribution in [1.29, 1.82) is 0 Å². The SMILES string of the molecule is CC(O)S(=O)(=O)O.[Sn]. The van der Waals surface area contributed by atoms with Crippen LogP contribution >= 0.6 is 0 Å². The van der Waals surface area contributed by atoms with Crippen LogP contribution in [0.1, 0.15) is 6.92 Å². The molecule has 1 unspecified atom stereocenters. The maximum Gasteiger partial charge on any atom is 0.291 e. The zero-order valence-electron chi connectivity index (χ0n) is 4.20. The Labute approximate surface area is 64.6 Å². The number of hydrogen-bond acceptors (Lipinski definition) is 3. The molecule has 1 atom stereocenters. The van der Waals surface area contributed by atoms with Crippen molar-refractivity contribution in [1.82, 2.24) is 0 Å². The van der Waals surface area contributed by atoms with Crippen LogP contribution in [0.25, 0.3) is 0 Å². The van der Waals surface area contributed by atoms with Gasteiger partial charge in [0.1, 0.15) is 0 Å². The standard InChI is InChI=1S/C2H6O4S.Sn/c1-2(3)7(4,5)6;/h2-3H,1H3,(H,4,5,6);. The van der Waals surface area contributed by atoms with E-state index in [0.29, 0.717) is 0 Å². The second kappa shape index (κ2) is 3.65. The third-order valence-corrected chi connectivity index (χ3v) is 1.29. The summed E-state index contributed by atoms with van der Waals surface area (Å²) in [5.41, 5.74) is -1.67. The minimum absolute atomic E-state index is 0. The monoisotopic (exact) mass is 246 g/mol. The Balaban J connectivity index is 0. The van der Waals surface area contributed by atoms with E-state index in [9.17, 15) is 8.42 Å². The van der Waals surface area contributed by atoms with Crippen LogP contribution in [0.4, 0.5) is 0 Å². The molecule has 0 aromatic carbocycles. The van der Waals surface area contributed by atoms with E-state index in [1.54, 1.807) is 0 Å². The molecule has 0 aliphatic heterocycles. The van der Waals surface area contributed by atoms with Crippen LogP contribution in [0.15, 0.2) is 0 Å². The molecule has 6 heteroatoms. The quantitative estimate of drug-likeness (QED) is 0.451. The van der Waals surface area contributed by atoms with E-state index in [2.05, 4.69) is 0 Å². The van der Waals surface area contributed by atoms with Crippen molar-refractivity contribution >= 4 is 34.0 Å². The van der Waals surface area contributed by atoms with Gasteiger partial charge in [-0.1, -0.05) is 0 Å². The molecule has 0 aromatic heterocycles. The molecular weight excluding hydrogens is 239 g/mol. The van der Waals surface area contributed by atoms with Crippen LogP contribution in [-0.2, 0) is 10.1 Å². The fourth-order valence-electron chi connectivity index (χ4n) is 0. The van der Waals surface area contributed by atoms with Gasteiger partial charge in [0.05, 0.1) is 0 Å². The second-order valence-corrected chi connectivity index (χ2v) is 2.83. The Morgan fingerprint density at radius 1 is 1.50 bits per heavy atom. The topological polar surface area (TPSA) is 74.6 Å². The summed E-state index contributed by atoms with van der Waals surface area (Å²) in [5.74, 6) is 0. The molecule has 48 valence electrons. The second-order valence-electron chi connectivity index (χ2n) is 1.11. The Morgan fingerprint density at radius 3 is 1.62 bits per heavy atom. The largest absolute Gasteiger partial charge is 0.375 e. The average Bonchev–Trinajstić information content (AvgIpc) is 1.31. The van der Waals surface area contributed by atoms with Crippen LogP contribution in [0.2, 0.25) is 0 Å². The summed E-state index contributed by atoms with van der Waals surface area (Å²) in [5, 5.41) is 8.05. The molecule has 0 fully saturated rings. The van der Waals surface area contributed by atoms with Gasteiger partial charge in [0.2, 0.25) is 0 Å². The molecule has 0 saturated heterocycles. The van der Waals surface area contributed by atoms with Crippen LogP contribution in [0.5, 0.6) is 0 Å². The fraction of sp³-hybridized carbons (Fsp3) is 1.00. The minimum atomic E-state index is -4.19. The molecule has 4 nitrogen and oxygen atoms in total. The maximum absolute atomic E-state index is 9.64. The van der Waals surface area contributed by atoms with Gasteiger partial charge in [-0.2, -0.15) is 8.42 Å². The molecule has 0 saturated carbocycles. The Kier molecular flexibility index (Phi) is 5.23. The van der Waals surface area contributed by atoms with Gasteiger partial charge in [-0.3, -0.25) is 4.55 Å². The van der Waals surface area contributed by atoms with Crippen molar-refractivity contribution in [2.75, 3.05) is 0 Å². The van der Waals surface area contributed by atoms with Crippen molar-refractivity contribution in [3.05, 3.63) is 0 Å². The summed E-state index contributed by atoms with van der Waals surface area (Å²) in [6.07, 6.45) is 0. The third kappa shape index (κ3) is 4.82. The van der Waals surface area contributed by atoms with Gasteiger partial charge >= 0.3 is 0 Å². The van der Waals surface area contributed by atoms with Crippen molar-refractivity contribution in [3.8, 4) is 0 Å². The normalized spacial score (nSPS) is 14.4. The molecular formula is C2H6O4SSn. The van der Waals surface area contributed by atoms with E-state index in [-0.39, 0.29) is 23.9 Å². The zero-order chi connectivity index (χ0) is 6.08. The first-order valence-electron chi connectivity index (χ1n) is 1.59. The van der Waals surface area contributed by atoms with Crippen molar-refractivity contribution < 1.29 is 18.1 Å². The predicted octanol–water partition coefficient (Wildman–Crippen LogP) is -1.17. The van der Waals surface area contributed by atoms with Crippen LogP contribution in [-0.4, -0.2) is 47.4 Å². The van der Waals surface area contributed by atoms with E-state index in [0.717, 1.165) is 6.92 Å². The molecule has 0 aromatic rings. The molecule has 2 N–H and O–H groups in total. The zero-order valence-corrected chi connectivity index (χ0v) is 7.87. The van der Waals surface area contributed by atoms with E-state index in [1.807, 2.05) is 0 Å². The molecule has 0 rings (SSSR count). The summed E-state index contributed by atoms with van der Waals surface area (Å²) >= 11 is 0. The molecule has 0 bridgehead atoms. The van der Waals surface area contributed by atoms with E-state index < -0.39 is 15.6 Å². The minimum Gasteiger partial charge on any atom is -0.375 e. The third-order valence-electron chi connectivity index (χ3n) is 0.431. The smallest absolute Gasteiger partial charge is 0.291 e. The van der Waals surface area contributed by atoms with E-state index in [1.165, 1.54) is 0 Å². The van der Waals surface area contributed by atoms with Gasteiger partial charge in [-0.05, 0) is 6.92 Å². The Morgan fingerprint density at radius 2 is 1.62 bits per heavy atom. The average molecular weight is 245 g/mol. The summed E-state index contributed by atoms with van der Waals surface area (Å²) in [4.78, 5) is 0. The Hall–Kier alpha value is 0.669. The Bertz CT molecular complexity index is 136. The van der Waals surface area contributed by atoms with Crippen molar-refractivity contribution in [3.63, 3.8) is 0 Å². The van der Waals surface area contributed by atoms with Crippen LogP contribution in [0, 0.1) is 0 Å². The number of rotatable bonds is 1. The van der Waals surface area contributed by atoms with Crippen molar-refractivity contribution in [2.24, 2.45) is 0 Å². The van der Waals surface area contributed by atoms with E-state index in [4.69, 9.17) is 9.66 Å². The summed E-state index contributed by atoms with van der Waals surface area (Å²) in [7, 11) is -4.19. The van der Waals surface area contributed by atoms with Crippen LogP contribution < -0.4 is 0 Å². The first-order chi connectivity index (χ1) is 2.94. The summed E-state index contributed by atoms with van der Waals surface area (Å²) < 4.78 is 27.1. The van der Waals surface area contributed by atoms with Crippen molar-refractivity contribution in [2.45, 2.75) is 12.4 Å². The van der Waals surface area contributed by atoms with Gasteiger partial charge in [0, 0.05) is 23.9 Å². The van der Waals surface area contributed by atoms with Crippen LogP contribution in [0.3, 0.4) is 0 Å². The van der Waals surface area contributed by atoms with Gasteiger partial charge in [0.25, 0.3) is 10.1 Å². The molecule has 8 heavy (non-hydrogen) atoms. The molecule has 4 radical (unpaired) electrons. The fourth-order valence-corrected chi connectivity index (χ4v) is 0. The summed E-state index contributed by atoms with van der Waals surface area (Å²) in [6.45, 7) is 0.968. The maximum atomic E-state index is 9.64. The molecule has 0 heterocycles. The number of hydrogen-bond donors (Lipinski definition) is 2. The van der Waals surface area contributed by atoms with Gasteiger partial charge < -0.3 is 5.11 Å².